The van der Waals surface area contributed by atoms with Crippen LogP contribution in [0.3, 0.4) is 0 Å². The Hall–Kier alpha value is -1.97. The summed E-state index contributed by atoms with van der Waals surface area (Å²) < 4.78 is 15.5. The summed E-state index contributed by atoms with van der Waals surface area (Å²) in [5.41, 5.74) is 1.78. The lowest BCUT2D eigenvalue weighted by Crippen LogP contribution is -1.92. The molecule has 4 heteroatoms. The lowest BCUT2D eigenvalue weighted by Gasteiger charge is -1.98. The lowest BCUT2D eigenvalue weighted by molar-refractivity contribution is 0.174. The van der Waals surface area contributed by atoms with E-state index in [2.05, 4.69) is 5.16 Å². The summed E-state index contributed by atoms with van der Waals surface area (Å²) >= 11 is 0. The van der Waals surface area contributed by atoms with Crippen LogP contribution in [-0.4, -0.2) is 11.9 Å². The molecule has 4 nitrogen and oxygen atoms in total. The van der Waals surface area contributed by atoms with E-state index in [0.29, 0.717) is 0 Å². The molecule has 0 aliphatic carbocycles. The van der Waals surface area contributed by atoms with Crippen LogP contribution < -0.4 is 9.47 Å². The Morgan fingerprint density at radius 3 is 2.80 bits per heavy atom. The van der Waals surface area contributed by atoms with Gasteiger partial charge in [-0.1, -0.05) is 5.16 Å². The second-order valence-corrected chi connectivity index (χ2v) is 3.39. The van der Waals surface area contributed by atoms with Gasteiger partial charge in [-0.25, -0.2) is 0 Å². The average molecular weight is 203 g/mol. The van der Waals surface area contributed by atoms with Crippen LogP contribution in [0, 0.1) is 6.92 Å². The lowest BCUT2D eigenvalue weighted by atomic mass is 10.1. The van der Waals surface area contributed by atoms with Crippen molar-refractivity contribution in [3.63, 3.8) is 0 Å². The van der Waals surface area contributed by atoms with Crippen LogP contribution in [-0.2, 0) is 0 Å². The highest BCUT2D eigenvalue weighted by molar-refractivity contribution is 5.64. The highest BCUT2D eigenvalue weighted by atomic mass is 16.7. The van der Waals surface area contributed by atoms with Crippen LogP contribution in [0.1, 0.15) is 5.76 Å². The smallest absolute Gasteiger partial charge is 0.231 e. The standard InChI is InChI=1S/C11H9NO3/c1-7-4-9(12-15-7)8-2-3-10-11(5-8)14-6-13-10/h2-5H,6H2,1H3. The zero-order valence-electron chi connectivity index (χ0n) is 8.19. The van der Waals surface area contributed by atoms with E-state index in [1.54, 1.807) is 0 Å². The largest absolute Gasteiger partial charge is 0.454 e. The van der Waals surface area contributed by atoms with Gasteiger partial charge in [-0.15, -0.1) is 0 Å². The van der Waals surface area contributed by atoms with Gasteiger partial charge in [-0.05, 0) is 25.1 Å². The molecule has 1 aromatic carbocycles. The monoisotopic (exact) mass is 203 g/mol. The Kier molecular flexibility index (Phi) is 1.68. The number of fused-ring (bicyclic) bond motifs is 1. The normalized spacial score (nSPS) is 13.1. The van der Waals surface area contributed by atoms with Crippen molar-refractivity contribution in [2.45, 2.75) is 6.92 Å². The fraction of sp³-hybridized carbons (Fsp3) is 0.182. The molecule has 0 saturated heterocycles. The third kappa shape index (κ3) is 1.34. The fourth-order valence-corrected chi connectivity index (χ4v) is 1.56. The minimum absolute atomic E-state index is 0.288. The van der Waals surface area contributed by atoms with Crippen LogP contribution in [0.15, 0.2) is 28.8 Å². The summed E-state index contributed by atoms with van der Waals surface area (Å²) in [5, 5.41) is 3.94. The molecule has 0 amide bonds. The molecule has 2 aromatic rings. The van der Waals surface area contributed by atoms with Gasteiger partial charge in [0.15, 0.2) is 11.5 Å². The van der Waals surface area contributed by atoms with Gasteiger partial charge in [0.25, 0.3) is 0 Å². The van der Waals surface area contributed by atoms with Gasteiger partial charge in [0.2, 0.25) is 6.79 Å². The van der Waals surface area contributed by atoms with Crippen molar-refractivity contribution in [1.82, 2.24) is 5.16 Å². The maximum Gasteiger partial charge on any atom is 0.231 e. The molecule has 0 spiro atoms. The molecule has 1 aliphatic rings. The molecular weight excluding hydrogens is 194 g/mol. The van der Waals surface area contributed by atoms with Crippen molar-refractivity contribution < 1.29 is 14.0 Å². The van der Waals surface area contributed by atoms with Crippen molar-refractivity contribution in [3.8, 4) is 22.8 Å². The highest BCUT2D eigenvalue weighted by Gasteiger charge is 2.14. The van der Waals surface area contributed by atoms with Crippen LogP contribution in [0.5, 0.6) is 11.5 Å². The molecule has 76 valence electrons. The molecule has 0 unspecified atom stereocenters. The molecule has 3 rings (SSSR count). The number of nitrogens with zero attached hydrogens (tertiary/aromatic N) is 1. The van der Waals surface area contributed by atoms with Crippen molar-refractivity contribution in [2.24, 2.45) is 0 Å². The summed E-state index contributed by atoms with van der Waals surface area (Å²) in [7, 11) is 0. The van der Waals surface area contributed by atoms with E-state index < -0.39 is 0 Å². The summed E-state index contributed by atoms with van der Waals surface area (Å²) in [4.78, 5) is 0. The van der Waals surface area contributed by atoms with Crippen molar-refractivity contribution in [2.75, 3.05) is 6.79 Å². The maximum atomic E-state index is 5.29. The molecule has 1 aromatic heterocycles. The quantitative estimate of drug-likeness (QED) is 0.713. The molecule has 0 N–H and O–H groups in total. The van der Waals surface area contributed by atoms with Gasteiger partial charge in [-0.2, -0.15) is 0 Å². The number of benzene rings is 1. The van der Waals surface area contributed by atoms with Gasteiger partial charge >= 0.3 is 0 Å². The van der Waals surface area contributed by atoms with Crippen molar-refractivity contribution in [3.05, 3.63) is 30.0 Å². The first kappa shape index (κ1) is 8.35. The fourth-order valence-electron chi connectivity index (χ4n) is 1.56. The third-order valence-electron chi connectivity index (χ3n) is 2.30. The Balaban J connectivity index is 2.06. The summed E-state index contributed by atoms with van der Waals surface area (Å²) in [6.45, 7) is 2.15. The molecule has 0 atom stereocenters. The van der Waals surface area contributed by atoms with Gasteiger partial charge < -0.3 is 14.0 Å². The first-order chi connectivity index (χ1) is 7.33. The van der Waals surface area contributed by atoms with Crippen LogP contribution in [0.4, 0.5) is 0 Å². The third-order valence-corrected chi connectivity index (χ3v) is 2.30. The summed E-state index contributed by atoms with van der Waals surface area (Å²) in [6.07, 6.45) is 0. The predicted octanol–water partition coefficient (Wildman–Crippen LogP) is 2.38. The SMILES string of the molecule is Cc1cc(-c2ccc3c(c2)OCO3)no1. The highest BCUT2D eigenvalue weighted by Crippen LogP contribution is 2.35. The molecule has 1 aliphatic heterocycles. The van der Waals surface area contributed by atoms with Gasteiger partial charge in [0, 0.05) is 11.6 Å². The van der Waals surface area contributed by atoms with E-state index in [9.17, 15) is 0 Å². The zero-order valence-corrected chi connectivity index (χ0v) is 8.19. The van der Waals surface area contributed by atoms with Gasteiger partial charge in [-0.3, -0.25) is 0 Å². The van der Waals surface area contributed by atoms with Gasteiger partial charge in [0.05, 0.1) is 0 Å². The first-order valence-corrected chi connectivity index (χ1v) is 4.66. The van der Waals surface area contributed by atoms with Crippen LogP contribution >= 0.6 is 0 Å². The van der Waals surface area contributed by atoms with E-state index in [-0.39, 0.29) is 6.79 Å². The average Bonchev–Trinajstić information content (AvgIpc) is 2.84. The number of hydrogen-bond donors (Lipinski definition) is 0. The maximum absolute atomic E-state index is 5.29. The molecular formula is C11H9NO3. The predicted molar refractivity (Wildman–Crippen MR) is 52.8 cm³/mol. The minimum atomic E-state index is 0.288. The first-order valence-electron chi connectivity index (χ1n) is 4.66. The summed E-state index contributed by atoms with van der Waals surface area (Å²) in [6, 6.07) is 7.60. The molecule has 0 fully saturated rings. The second-order valence-electron chi connectivity index (χ2n) is 3.39. The van der Waals surface area contributed by atoms with Crippen molar-refractivity contribution in [1.29, 1.82) is 0 Å². The van der Waals surface area contributed by atoms with Gasteiger partial charge in [0.1, 0.15) is 11.5 Å². The van der Waals surface area contributed by atoms with E-state index in [1.165, 1.54) is 0 Å². The van der Waals surface area contributed by atoms with Crippen LogP contribution in [0.2, 0.25) is 0 Å². The Labute approximate surface area is 86.4 Å². The number of hydrogen-bond acceptors (Lipinski definition) is 4. The molecule has 0 bridgehead atoms. The summed E-state index contributed by atoms with van der Waals surface area (Å²) in [5.74, 6) is 2.33. The number of aromatic nitrogens is 1. The zero-order chi connectivity index (χ0) is 10.3. The Morgan fingerprint density at radius 1 is 1.13 bits per heavy atom. The molecule has 2 heterocycles. The number of rotatable bonds is 1. The minimum Gasteiger partial charge on any atom is -0.454 e. The molecule has 15 heavy (non-hydrogen) atoms. The number of ether oxygens (including phenoxy) is 2. The van der Waals surface area contributed by atoms with E-state index >= 15 is 0 Å². The Morgan fingerprint density at radius 2 is 2.00 bits per heavy atom. The molecule has 0 saturated carbocycles. The van der Waals surface area contributed by atoms with E-state index in [4.69, 9.17) is 14.0 Å². The second kappa shape index (κ2) is 3.02. The van der Waals surface area contributed by atoms with Crippen LogP contribution in [0.25, 0.3) is 11.3 Å². The number of aryl methyl sites for hydroxylation is 1. The molecule has 0 radical (unpaired) electrons. The van der Waals surface area contributed by atoms with E-state index in [1.807, 2.05) is 31.2 Å². The van der Waals surface area contributed by atoms with E-state index in [0.717, 1.165) is 28.5 Å². The Bertz CT molecular complexity index is 504. The topological polar surface area (TPSA) is 44.5 Å². The van der Waals surface area contributed by atoms with Crippen molar-refractivity contribution >= 4 is 0 Å².